The van der Waals surface area contributed by atoms with Crippen LogP contribution in [0, 0.1) is 6.92 Å². The Morgan fingerprint density at radius 3 is 2.32 bits per heavy atom. The van der Waals surface area contributed by atoms with Crippen molar-refractivity contribution in [3.8, 4) is 0 Å². The molecule has 7 heteroatoms. The molecular weight excluding hydrogens is 308 g/mol. The van der Waals surface area contributed by atoms with E-state index in [1.54, 1.807) is 6.92 Å². The molecule has 0 aliphatic heterocycles. The van der Waals surface area contributed by atoms with Crippen LogP contribution in [0.4, 0.5) is 0 Å². The lowest BCUT2D eigenvalue weighted by Crippen LogP contribution is -2.02. The van der Waals surface area contributed by atoms with E-state index in [2.05, 4.69) is 0 Å². The van der Waals surface area contributed by atoms with Crippen molar-refractivity contribution in [2.45, 2.75) is 16.7 Å². The summed E-state index contributed by atoms with van der Waals surface area (Å²) in [6.07, 6.45) is 0. The van der Waals surface area contributed by atoms with Gasteiger partial charge in [-0.05, 0) is 37.3 Å². The number of hydrogen-bond donors (Lipinski definition) is 1. The Kier molecular flexibility index (Phi) is 3.66. The summed E-state index contributed by atoms with van der Waals surface area (Å²) in [4.78, 5) is 11.4. The molecule has 0 bridgehead atoms. The summed E-state index contributed by atoms with van der Waals surface area (Å²) in [7, 11) is -3.71. The molecule has 0 radical (unpaired) electrons. The van der Waals surface area contributed by atoms with Crippen LogP contribution < -0.4 is 0 Å². The number of carboxylic acids is 1. The van der Waals surface area contributed by atoms with Crippen molar-refractivity contribution in [2.24, 2.45) is 0 Å². The van der Waals surface area contributed by atoms with Gasteiger partial charge in [-0.15, -0.1) is 11.3 Å². The van der Waals surface area contributed by atoms with Crippen LogP contribution in [0.1, 0.15) is 14.5 Å². The predicted octanol–water partition coefficient (Wildman–Crippen LogP) is 3.24. The molecule has 0 atom stereocenters. The van der Waals surface area contributed by atoms with Crippen molar-refractivity contribution in [1.29, 1.82) is 0 Å². The Labute approximate surface area is 119 Å². The van der Waals surface area contributed by atoms with Crippen molar-refractivity contribution in [2.75, 3.05) is 0 Å². The summed E-state index contributed by atoms with van der Waals surface area (Å²) in [5, 5.41) is 9.33. The van der Waals surface area contributed by atoms with E-state index in [4.69, 9.17) is 16.7 Å². The summed E-state index contributed by atoms with van der Waals surface area (Å²) >= 11 is 6.66. The van der Waals surface area contributed by atoms with Gasteiger partial charge in [0.15, 0.2) is 0 Å². The molecule has 0 fully saturated rings. The van der Waals surface area contributed by atoms with Gasteiger partial charge in [0.2, 0.25) is 9.84 Å². The quantitative estimate of drug-likeness (QED) is 0.943. The van der Waals surface area contributed by atoms with Crippen LogP contribution >= 0.6 is 22.9 Å². The third kappa shape index (κ3) is 2.65. The van der Waals surface area contributed by atoms with Crippen molar-refractivity contribution >= 4 is 38.7 Å². The lowest BCUT2D eigenvalue weighted by atomic mass is 10.4. The maximum Gasteiger partial charge on any atom is 0.345 e. The van der Waals surface area contributed by atoms with Crippen molar-refractivity contribution in [3.05, 3.63) is 45.1 Å². The Balaban J connectivity index is 2.56. The highest BCUT2D eigenvalue weighted by Crippen LogP contribution is 2.30. The number of sulfone groups is 1. The van der Waals surface area contributed by atoms with Crippen molar-refractivity contribution < 1.29 is 18.3 Å². The summed E-state index contributed by atoms with van der Waals surface area (Å²) < 4.78 is 24.7. The SMILES string of the molecule is Cc1sc(C(=O)O)cc1S(=O)(=O)c1ccc(Cl)cc1. The molecule has 1 aromatic heterocycles. The molecular formula is C12H9ClO4S2. The highest BCUT2D eigenvalue weighted by molar-refractivity contribution is 7.91. The maximum absolute atomic E-state index is 12.4. The van der Waals surface area contributed by atoms with Crippen LogP contribution in [0.2, 0.25) is 5.02 Å². The number of rotatable bonds is 3. The van der Waals surface area contributed by atoms with E-state index in [0.717, 1.165) is 11.3 Å². The van der Waals surface area contributed by atoms with E-state index in [1.807, 2.05) is 0 Å². The number of benzene rings is 1. The first kappa shape index (κ1) is 14.0. The van der Waals surface area contributed by atoms with Crippen LogP contribution in [0.15, 0.2) is 40.1 Å². The van der Waals surface area contributed by atoms with Gasteiger partial charge >= 0.3 is 5.97 Å². The third-order valence-electron chi connectivity index (χ3n) is 2.50. The number of carbonyl (C=O) groups is 1. The van der Waals surface area contributed by atoms with Crippen LogP contribution in [0.5, 0.6) is 0 Å². The summed E-state index contributed by atoms with van der Waals surface area (Å²) in [5.41, 5.74) is 0. The van der Waals surface area contributed by atoms with E-state index in [-0.39, 0.29) is 14.7 Å². The Bertz CT molecular complexity index is 730. The largest absolute Gasteiger partial charge is 0.477 e. The van der Waals surface area contributed by atoms with Crippen LogP contribution in [-0.2, 0) is 9.84 Å². The van der Waals surface area contributed by atoms with E-state index in [9.17, 15) is 13.2 Å². The van der Waals surface area contributed by atoms with Crippen LogP contribution in [0.25, 0.3) is 0 Å². The number of thiophene rings is 1. The van der Waals surface area contributed by atoms with Crippen LogP contribution in [0.3, 0.4) is 0 Å². The van der Waals surface area contributed by atoms with Crippen LogP contribution in [-0.4, -0.2) is 19.5 Å². The molecule has 2 aromatic rings. The fourth-order valence-electron chi connectivity index (χ4n) is 1.58. The molecule has 0 amide bonds. The number of aromatic carboxylic acids is 1. The van der Waals surface area contributed by atoms with Crippen molar-refractivity contribution in [3.63, 3.8) is 0 Å². The van der Waals surface area contributed by atoms with Gasteiger partial charge in [0.25, 0.3) is 0 Å². The van der Waals surface area contributed by atoms with Gasteiger partial charge in [-0.2, -0.15) is 0 Å². The molecule has 0 saturated carbocycles. The minimum Gasteiger partial charge on any atom is -0.477 e. The Morgan fingerprint density at radius 2 is 1.84 bits per heavy atom. The lowest BCUT2D eigenvalue weighted by molar-refractivity contribution is 0.0702. The molecule has 1 N–H and O–H groups in total. The highest BCUT2D eigenvalue weighted by atomic mass is 35.5. The normalized spacial score (nSPS) is 11.5. The molecule has 0 aliphatic rings. The van der Waals surface area contributed by atoms with E-state index in [1.165, 1.54) is 30.3 Å². The van der Waals surface area contributed by atoms with Gasteiger partial charge in [0, 0.05) is 9.90 Å². The second-order valence-corrected chi connectivity index (χ2v) is 7.40. The number of hydrogen-bond acceptors (Lipinski definition) is 4. The standard InChI is InChI=1S/C12H9ClO4S2/c1-7-11(6-10(18-7)12(14)15)19(16,17)9-4-2-8(13)3-5-9/h2-6H,1H3,(H,14,15). The van der Waals surface area contributed by atoms with Gasteiger partial charge in [0.05, 0.1) is 9.79 Å². The monoisotopic (exact) mass is 316 g/mol. The number of halogens is 1. The lowest BCUT2D eigenvalue weighted by Gasteiger charge is -2.03. The Morgan fingerprint density at radius 1 is 1.26 bits per heavy atom. The first-order valence-corrected chi connectivity index (χ1v) is 7.84. The minimum absolute atomic E-state index is 0.00467. The first-order chi connectivity index (χ1) is 8.82. The van der Waals surface area contributed by atoms with Crippen molar-refractivity contribution in [1.82, 2.24) is 0 Å². The second-order valence-electron chi connectivity index (χ2n) is 3.79. The molecule has 0 saturated heterocycles. The first-order valence-electron chi connectivity index (χ1n) is 5.17. The fourth-order valence-corrected chi connectivity index (χ4v) is 4.39. The minimum atomic E-state index is -3.71. The molecule has 1 heterocycles. The third-order valence-corrected chi connectivity index (χ3v) is 5.81. The topological polar surface area (TPSA) is 71.4 Å². The van der Waals surface area contributed by atoms with Gasteiger partial charge in [-0.3, -0.25) is 0 Å². The average molecular weight is 317 g/mol. The molecule has 0 spiro atoms. The fraction of sp³-hybridized carbons (Fsp3) is 0.0833. The van der Waals surface area contributed by atoms with E-state index in [0.29, 0.717) is 9.90 Å². The zero-order chi connectivity index (χ0) is 14.2. The van der Waals surface area contributed by atoms with Gasteiger partial charge in [-0.1, -0.05) is 11.6 Å². The molecule has 19 heavy (non-hydrogen) atoms. The molecule has 4 nitrogen and oxygen atoms in total. The summed E-state index contributed by atoms with van der Waals surface area (Å²) in [6, 6.07) is 6.94. The van der Waals surface area contributed by atoms with E-state index >= 15 is 0 Å². The van der Waals surface area contributed by atoms with Gasteiger partial charge < -0.3 is 5.11 Å². The summed E-state index contributed by atoms with van der Waals surface area (Å²) in [5.74, 6) is -1.13. The number of aryl methyl sites for hydroxylation is 1. The maximum atomic E-state index is 12.4. The highest BCUT2D eigenvalue weighted by Gasteiger charge is 2.24. The smallest absolute Gasteiger partial charge is 0.345 e. The zero-order valence-corrected chi connectivity index (χ0v) is 12.1. The second kappa shape index (κ2) is 4.96. The Hall–Kier alpha value is -1.37. The molecule has 2 rings (SSSR count). The summed E-state index contributed by atoms with van der Waals surface area (Å²) in [6.45, 7) is 1.58. The number of carboxylic acid groups (broad SMARTS) is 1. The van der Waals surface area contributed by atoms with E-state index < -0.39 is 15.8 Å². The molecule has 0 unspecified atom stereocenters. The van der Waals surface area contributed by atoms with Gasteiger partial charge in [-0.25, -0.2) is 13.2 Å². The molecule has 0 aliphatic carbocycles. The molecule has 1 aromatic carbocycles. The average Bonchev–Trinajstić information content (AvgIpc) is 2.73. The van der Waals surface area contributed by atoms with Gasteiger partial charge in [0.1, 0.15) is 4.88 Å². The molecule has 100 valence electrons. The predicted molar refractivity (Wildman–Crippen MR) is 72.9 cm³/mol. The zero-order valence-electron chi connectivity index (χ0n) is 9.75.